The molecule has 11 nitrogen and oxygen atoms in total. The topological polar surface area (TPSA) is 113 Å². The minimum atomic E-state index is -0.483. The first-order valence-electron chi connectivity index (χ1n) is 9.91. The first-order chi connectivity index (χ1) is 14.8. The average molecular weight is 428 g/mol. The van der Waals surface area contributed by atoms with Gasteiger partial charge in [0.2, 0.25) is 5.91 Å². The number of hydrogen-bond donors (Lipinski definition) is 0. The maximum atomic E-state index is 12.9. The number of nitrogens with zero attached hydrogens (tertiary/aromatic N) is 6. The molecule has 31 heavy (non-hydrogen) atoms. The van der Waals surface area contributed by atoms with Gasteiger partial charge in [-0.05, 0) is 19.1 Å². The molecule has 0 saturated carbocycles. The zero-order chi connectivity index (χ0) is 22.1. The van der Waals surface area contributed by atoms with Crippen LogP contribution in [-0.2, 0) is 30.2 Å². The first-order valence-corrected chi connectivity index (χ1v) is 9.91. The quantitative estimate of drug-likeness (QED) is 0.535. The summed E-state index contributed by atoms with van der Waals surface area (Å²) >= 11 is 0. The molecule has 3 aromatic heterocycles. The van der Waals surface area contributed by atoms with Gasteiger partial charge in [0.25, 0.3) is 5.56 Å². The smallest absolute Gasteiger partial charge is 0.332 e. The molecule has 0 aliphatic carbocycles. The zero-order valence-electron chi connectivity index (χ0n) is 17.6. The van der Waals surface area contributed by atoms with Crippen LogP contribution in [0.1, 0.15) is 5.69 Å². The lowest BCUT2D eigenvalue weighted by Gasteiger charge is -2.33. The third-order valence-electron chi connectivity index (χ3n) is 5.33. The molecule has 3 aromatic rings. The second kappa shape index (κ2) is 8.34. The lowest BCUT2D eigenvalue weighted by molar-refractivity contribution is -0.140. The summed E-state index contributed by atoms with van der Waals surface area (Å²) < 4.78 is 15.2. The van der Waals surface area contributed by atoms with Crippen molar-refractivity contribution >= 4 is 17.1 Å². The molecule has 1 saturated heterocycles. The Kier molecular flexibility index (Phi) is 5.59. The van der Waals surface area contributed by atoms with Crippen LogP contribution in [0.15, 0.2) is 34.2 Å². The molecule has 1 aliphatic heterocycles. The predicted octanol–water partition coefficient (Wildman–Crippen LogP) is -0.556. The normalized spacial score (nSPS) is 16.6. The van der Waals surface area contributed by atoms with E-state index in [1.807, 2.05) is 19.1 Å². The Morgan fingerprint density at radius 1 is 1.23 bits per heavy atom. The van der Waals surface area contributed by atoms with Crippen LogP contribution in [0.25, 0.3) is 11.2 Å². The second-order valence-electron chi connectivity index (χ2n) is 7.53. The molecule has 11 heteroatoms. The fourth-order valence-corrected chi connectivity index (χ4v) is 3.54. The van der Waals surface area contributed by atoms with Crippen LogP contribution in [0.2, 0.25) is 0 Å². The minimum Gasteiger partial charge on any atom is -0.489 e. The highest BCUT2D eigenvalue weighted by atomic mass is 16.5. The summed E-state index contributed by atoms with van der Waals surface area (Å²) in [6.45, 7) is 3.36. The molecule has 4 heterocycles. The molecule has 1 amide bonds. The van der Waals surface area contributed by atoms with Crippen LogP contribution in [0.3, 0.4) is 0 Å². The number of carbonyl (C=O) groups is 1. The van der Waals surface area contributed by atoms with Gasteiger partial charge in [0.15, 0.2) is 11.2 Å². The molecule has 0 spiro atoms. The molecule has 0 N–H and O–H groups in total. The Morgan fingerprint density at radius 2 is 2.03 bits per heavy atom. The Bertz CT molecular complexity index is 1230. The van der Waals surface area contributed by atoms with Gasteiger partial charge >= 0.3 is 5.69 Å². The van der Waals surface area contributed by atoms with Crippen molar-refractivity contribution in [2.75, 3.05) is 26.3 Å². The van der Waals surface area contributed by atoms with Gasteiger partial charge in [0.1, 0.15) is 25.0 Å². The molecule has 1 aliphatic rings. The fraction of sp³-hybridized carbons (Fsp3) is 0.450. The van der Waals surface area contributed by atoms with Crippen molar-refractivity contribution in [2.45, 2.75) is 19.6 Å². The first kappa shape index (κ1) is 20.8. The van der Waals surface area contributed by atoms with E-state index in [0.717, 1.165) is 10.3 Å². The molecule has 4 rings (SSSR count). The Balaban J connectivity index is 1.44. The summed E-state index contributed by atoms with van der Waals surface area (Å²) in [4.78, 5) is 47.6. The van der Waals surface area contributed by atoms with Crippen molar-refractivity contribution in [3.8, 4) is 5.75 Å². The van der Waals surface area contributed by atoms with E-state index in [1.54, 1.807) is 18.1 Å². The number of rotatable bonds is 5. The second-order valence-corrected chi connectivity index (χ2v) is 7.53. The van der Waals surface area contributed by atoms with Gasteiger partial charge in [0, 0.05) is 26.3 Å². The summed E-state index contributed by atoms with van der Waals surface area (Å²) in [5.41, 5.74) is 0.427. The molecule has 1 unspecified atom stereocenters. The number of morpholine rings is 1. The van der Waals surface area contributed by atoms with E-state index in [4.69, 9.17) is 9.47 Å². The Hall–Kier alpha value is -3.47. The molecule has 0 radical (unpaired) electrons. The lowest BCUT2D eigenvalue weighted by Crippen LogP contribution is -2.48. The van der Waals surface area contributed by atoms with Crippen molar-refractivity contribution in [3.63, 3.8) is 0 Å². The fourth-order valence-electron chi connectivity index (χ4n) is 3.54. The number of imidazole rings is 1. The van der Waals surface area contributed by atoms with Crippen LogP contribution in [-0.4, -0.2) is 66.9 Å². The van der Waals surface area contributed by atoms with Crippen molar-refractivity contribution in [3.05, 3.63) is 51.2 Å². The summed E-state index contributed by atoms with van der Waals surface area (Å²) in [5.74, 6) is 0.476. The standard InChI is InChI=1S/C20H24N6O5/c1-13-4-5-14(8-21-13)31-11-15-9-25(6-7-30-15)16(27)10-26-12-22-18-17(26)19(28)24(3)20(29)23(18)2/h4-5,8,12,15H,6-7,9-11H2,1-3H3. The number of pyridine rings is 1. The lowest BCUT2D eigenvalue weighted by atomic mass is 10.2. The van der Waals surface area contributed by atoms with Crippen molar-refractivity contribution < 1.29 is 14.3 Å². The van der Waals surface area contributed by atoms with Gasteiger partial charge in [-0.25, -0.2) is 9.78 Å². The van der Waals surface area contributed by atoms with Gasteiger partial charge in [-0.3, -0.25) is 23.7 Å². The number of amides is 1. The van der Waals surface area contributed by atoms with E-state index >= 15 is 0 Å². The third kappa shape index (κ3) is 4.08. The number of fused-ring (bicyclic) bond motifs is 1. The summed E-state index contributed by atoms with van der Waals surface area (Å²) in [6.07, 6.45) is 2.79. The SMILES string of the molecule is Cc1ccc(OCC2CN(C(=O)Cn3cnc4c3c(=O)n(C)c(=O)n4C)CCO2)cn1. The summed E-state index contributed by atoms with van der Waals surface area (Å²) in [5, 5.41) is 0. The third-order valence-corrected chi connectivity index (χ3v) is 5.33. The van der Waals surface area contributed by atoms with Gasteiger partial charge in [0.05, 0.1) is 25.7 Å². The van der Waals surface area contributed by atoms with Gasteiger partial charge in [-0.1, -0.05) is 0 Å². The van der Waals surface area contributed by atoms with Crippen molar-refractivity contribution in [1.82, 2.24) is 28.6 Å². The Labute approximate surface area is 177 Å². The van der Waals surface area contributed by atoms with E-state index in [2.05, 4.69) is 9.97 Å². The van der Waals surface area contributed by atoms with Crippen molar-refractivity contribution in [1.29, 1.82) is 0 Å². The molecule has 164 valence electrons. The molecule has 0 aromatic carbocycles. The highest BCUT2D eigenvalue weighted by Gasteiger charge is 2.26. The summed E-state index contributed by atoms with van der Waals surface area (Å²) in [6, 6.07) is 3.70. The van der Waals surface area contributed by atoms with Gasteiger partial charge < -0.3 is 18.9 Å². The highest BCUT2D eigenvalue weighted by molar-refractivity contribution is 5.79. The van der Waals surface area contributed by atoms with Gasteiger partial charge in [-0.15, -0.1) is 0 Å². The summed E-state index contributed by atoms with van der Waals surface area (Å²) in [7, 11) is 2.94. The van der Waals surface area contributed by atoms with Crippen LogP contribution in [0, 0.1) is 6.92 Å². The minimum absolute atomic E-state index is 0.0561. The monoisotopic (exact) mass is 428 g/mol. The molecular weight excluding hydrogens is 404 g/mol. The molecule has 1 fully saturated rings. The maximum absolute atomic E-state index is 12.9. The van der Waals surface area contributed by atoms with Crippen LogP contribution in [0.5, 0.6) is 5.75 Å². The van der Waals surface area contributed by atoms with E-state index in [9.17, 15) is 14.4 Å². The number of carbonyl (C=O) groups excluding carboxylic acids is 1. The molecule has 1 atom stereocenters. The van der Waals surface area contributed by atoms with E-state index < -0.39 is 11.2 Å². The zero-order valence-corrected chi connectivity index (χ0v) is 17.6. The van der Waals surface area contributed by atoms with E-state index in [0.29, 0.717) is 32.1 Å². The maximum Gasteiger partial charge on any atom is 0.332 e. The molecule has 0 bridgehead atoms. The number of hydrogen-bond acceptors (Lipinski definition) is 7. The molecular formula is C20H24N6O5. The average Bonchev–Trinajstić information content (AvgIpc) is 3.19. The highest BCUT2D eigenvalue weighted by Crippen LogP contribution is 2.13. The number of ether oxygens (including phenoxy) is 2. The van der Waals surface area contributed by atoms with Gasteiger partial charge in [-0.2, -0.15) is 0 Å². The van der Waals surface area contributed by atoms with E-state index in [1.165, 1.54) is 22.5 Å². The van der Waals surface area contributed by atoms with Crippen molar-refractivity contribution in [2.24, 2.45) is 14.1 Å². The number of aromatic nitrogens is 5. The van der Waals surface area contributed by atoms with Crippen LogP contribution >= 0.6 is 0 Å². The van der Waals surface area contributed by atoms with Crippen LogP contribution in [0.4, 0.5) is 0 Å². The van der Waals surface area contributed by atoms with Crippen LogP contribution < -0.4 is 16.0 Å². The largest absolute Gasteiger partial charge is 0.489 e. The van der Waals surface area contributed by atoms with E-state index in [-0.39, 0.29) is 29.7 Å². The predicted molar refractivity (Wildman–Crippen MR) is 111 cm³/mol. The Morgan fingerprint density at radius 3 is 2.77 bits per heavy atom. The number of aryl methyl sites for hydroxylation is 2.